The van der Waals surface area contributed by atoms with E-state index in [1.807, 2.05) is 0 Å². The highest BCUT2D eigenvalue weighted by Crippen LogP contribution is 2.17. The average molecular weight is 1070 g/mol. The Kier molecular flexibility index (Phi) is 62.6. The van der Waals surface area contributed by atoms with E-state index in [1.54, 1.807) is 0 Å². The van der Waals surface area contributed by atoms with Crippen molar-refractivity contribution < 1.29 is 28.6 Å². The Morgan fingerprint density at radius 3 is 0.750 bits per heavy atom. The van der Waals surface area contributed by atoms with Crippen LogP contribution in [0.1, 0.15) is 361 Å². The van der Waals surface area contributed by atoms with Gasteiger partial charge in [0, 0.05) is 19.3 Å². The highest BCUT2D eigenvalue weighted by Gasteiger charge is 2.19. The number of carbonyl (C=O) groups excluding carboxylic acids is 3. The molecule has 6 nitrogen and oxygen atoms in total. The molecule has 0 saturated carbocycles. The highest BCUT2D eigenvalue weighted by atomic mass is 16.6. The lowest BCUT2D eigenvalue weighted by Gasteiger charge is -2.18. The normalized spacial score (nSPS) is 12.3. The van der Waals surface area contributed by atoms with Crippen molar-refractivity contribution >= 4 is 17.9 Å². The molecule has 0 bridgehead atoms. The maximum Gasteiger partial charge on any atom is 0.306 e. The largest absolute Gasteiger partial charge is 0.462 e. The van der Waals surface area contributed by atoms with Gasteiger partial charge in [0.15, 0.2) is 6.10 Å². The fourth-order valence-electron chi connectivity index (χ4n) is 9.98. The molecule has 444 valence electrons. The molecule has 0 aliphatic rings. The molecule has 0 saturated heterocycles. The third kappa shape index (κ3) is 62.2. The van der Waals surface area contributed by atoms with Crippen molar-refractivity contribution in [2.75, 3.05) is 13.2 Å². The van der Waals surface area contributed by atoms with E-state index < -0.39 is 6.10 Å². The number of rotatable bonds is 62. The lowest BCUT2D eigenvalue weighted by molar-refractivity contribution is -0.167. The topological polar surface area (TPSA) is 78.9 Å². The summed E-state index contributed by atoms with van der Waals surface area (Å²) in [5.74, 6) is -0.872. The summed E-state index contributed by atoms with van der Waals surface area (Å²) in [6, 6.07) is 0. The second kappa shape index (κ2) is 64.9. The van der Waals surface area contributed by atoms with Gasteiger partial charge in [-0.3, -0.25) is 14.4 Å². The molecule has 0 aromatic carbocycles. The minimum Gasteiger partial charge on any atom is -0.462 e. The van der Waals surface area contributed by atoms with Crippen LogP contribution in [0.3, 0.4) is 0 Å². The third-order valence-electron chi connectivity index (χ3n) is 15.1. The summed E-state index contributed by atoms with van der Waals surface area (Å²) in [7, 11) is 0. The van der Waals surface area contributed by atoms with Crippen molar-refractivity contribution in [1.82, 2.24) is 0 Å². The van der Waals surface area contributed by atoms with Gasteiger partial charge < -0.3 is 14.2 Å². The van der Waals surface area contributed by atoms with Gasteiger partial charge in [-0.15, -0.1) is 0 Å². The summed E-state index contributed by atoms with van der Waals surface area (Å²) in [4.78, 5) is 38.2. The van der Waals surface area contributed by atoms with Crippen LogP contribution in [0.4, 0.5) is 0 Å². The van der Waals surface area contributed by atoms with E-state index in [9.17, 15) is 14.4 Å². The molecule has 0 radical (unpaired) electrons. The first-order valence-corrected chi connectivity index (χ1v) is 33.6. The predicted octanol–water partition coefficient (Wildman–Crippen LogP) is 22.9. The number of allylic oxidation sites excluding steroid dienone is 8. The van der Waals surface area contributed by atoms with Crippen LogP contribution in [0.5, 0.6) is 0 Å². The molecule has 6 heteroatoms. The zero-order chi connectivity index (χ0) is 55.0. The van der Waals surface area contributed by atoms with E-state index in [1.165, 1.54) is 244 Å². The number of hydrogen-bond acceptors (Lipinski definition) is 6. The second-order valence-corrected chi connectivity index (χ2v) is 22.7. The number of esters is 3. The van der Waals surface area contributed by atoms with Gasteiger partial charge in [-0.1, -0.05) is 307 Å². The first-order valence-electron chi connectivity index (χ1n) is 33.6. The fourth-order valence-corrected chi connectivity index (χ4v) is 9.98. The summed E-state index contributed by atoms with van der Waals surface area (Å²) in [6.45, 7) is 6.64. The maximum atomic E-state index is 12.9. The number of carbonyl (C=O) groups is 3. The molecule has 0 amide bonds. The Morgan fingerprint density at radius 1 is 0.263 bits per heavy atom. The van der Waals surface area contributed by atoms with Crippen molar-refractivity contribution in [2.45, 2.75) is 367 Å². The molecule has 0 aliphatic carbocycles. The maximum absolute atomic E-state index is 12.9. The Labute approximate surface area is 473 Å². The molecule has 1 unspecified atom stereocenters. The molecule has 0 aromatic heterocycles. The SMILES string of the molecule is CCCCCCC/C=C\C/C=C\C/C=C\CCCCCCCCC(=O)OC(COC(=O)CCCCCCCCCC)COC(=O)CCCCCCCCCCCCCCCCCCC/C=C\CCCCCCCCCC. The van der Waals surface area contributed by atoms with E-state index in [-0.39, 0.29) is 31.1 Å². The van der Waals surface area contributed by atoms with E-state index in [2.05, 4.69) is 69.4 Å². The van der Waals surface area contributed by atoms with Gasteiger partial charge in [0.25, 0.3) is 0 Å². The minimum atomic E-state index is -0.777. The lowest BCUT2D eigenvalue weighted by atomic mass is 10.0. The molecular weight excluding hydrogens is 937 g/mol. The van der Waals surface area contributed by atoms with E-state index in [0.717, 1.165) is 77.0 Å². The number of ether oxygens (including phenoxy) is 3. The standard InChI is InChI=1S/C70H128O6/c1-4-7-10-13-16-19-21-23-25-27-29-31-32-33-34-35-36-37-38-40-41-43-45-47-49-51-54-57-60-63-69(72)75-66-67(65-74-68(71)62-59-56-53-18-15-12-9-6-3)76-70(73)64-61-58-55-52-50-48-46-44-42-39-30-28-26-24-22-20-17-14-11-8-5-2/h22,24,27-30,42,44,67H,4-21,23,25-26,31-41,43,45-66H2,1-3H3/b24-22-,29-27-,30-28-,44-42-. The van der Waals surface area contributed by atoms with Crippen LogP contribution < -0.4 is 0 Å². The van der Waals surface area contributed by atoms with Gasteiger partial charge in [-0.05, 0) is 83.5 Å². The Hall–Kier alpha value is -2.63. The van der Waals surface area contributed by atoms with Crippen molar-refractivity contribution in [3.05, 3.63) is 48.6 Å². The molecule has 0 aromatic rings. The Bertz CT molecular complexity index is 1310. The average Bonchev–Trinajstić information content (AvgIpc) is 3.42. The molecule has 76 heavy (non-hydrogen) atoms. The van der Waals surface area contributed by atoms with Crippen LogP contribution in [0.2, 0.25) is 0 Å². The molecule has 0 rings (SSSR count). The second-order valence-electron chi connectivity index (χ2n) is 22.7. The molecule has 0 spiro atoms. The summed E-state index contributed by atoms with van der Waals surface area (Å²) >= 11 is 0. The highest BCUT2D eigenvalue weighted by molar-refractivity contribution is 5.71. The summed E-state index contributed by atoms with van der Waals surface area (Å²) in [6.07, 6.45) is 81.5. The predicted molar refractivity (Wildman–Crippen MR) is 330 cm³/mol. The number of unbranched alkanes of at least 4 members (excludes halogenated alkanes) is 43. The van der Waals surface area contributed by atoms with E-state index in [4.69, 9.17) is 14.2 Å². The van der Waals surface area contributed by atoms with Gasteiger partial charge in [-0.25, -0.2) is 0 Å². The zero-order valence-corrected chi connectivity index (χ0v) is 51.0. The Balaban J connectivity index is 4.10. The minimum absolute atomic E-state index is 0.0747. The van der Waals surface area contributed by atoms with Crippen molar-refractivity contribution in [1.29, 1.82) is 0 Å². The summed E-state index contributed by atoms with van der Waals surface area (Å²) < 4.78 is 16.9. The monoisotopic (exact) mass is 1060 g/mol. The van der Waals surface area contributed by atoms with Crippen molar-refractivity contribution in [2.24, 2.45) is 0 Å². The first kappa shape index (κ1) is 73.4. The van der Waals surface area contributed by atoms with Crippen LogP contribution >= 0.6 is 0 Å². The fraction of sp³-hybridized carbons (Fsp3) is 0.843. The van der Waals surface area contributed by atoms with Gasteiger partial charge >= 0.3 is 17.9 Å². The lowest BCUT2D eigenvalue weighted by Crippen LogP contribution is -2.30. The van der Waals surface area contributed by atoms with Crippen LogP contribution in [0.15, 0.2) is 48.6 Å². The molecule has 1 atom stereocenters. The quantitative estimate of drug-likeness (QED) is 0.0261. The van der Waals surface area contributed by atoms with Gasteiger partial charge in [0.1, 0.15) is 13.2 Å². The Morgan fingerprint density at radius 2 is 0.474 bits per heavy atom. The van der Waals surface area contributed by atoms with Crippen molar-refractivity contribution in [3.63, 3.8) is 0 Å². The smallest absolute Gasteiger partial charge is 0.306 e. The van der Waals surface area contributed by atoms with E-state index in [0.29, 0.717) is 19.3 Å². The summed E-state index contributed by atoms with van der Waals surface area (Å²) in [5, 5.41) is 0. The molecule has 0 fully saturated rings. The molecule has 0 aliphatic heterocycles. The van der Waals surface area contributed by atoms with Crippen LogP contribution in [0.25, 0.3) is 0 Å². The van der Waals surface area contributed by atoms with Crippen LogP contribution in [0, 0.1) is 0 Å². The molecule has 0 heterocycles. The molecular formula is C70H128O6. The van der Waals surface area contributed by atoms with Crippen molar-refractivity contribution in [3.8, 4) is 0 Å². The molecule has 0 N–H and O–H groups in total. The van der Waals surface area contributed by atoms with E-state index >= 15 is 0 Å². The zero-order valence-electron chi connectivity index (χ0n) is 51.0. The van der Waals surface area contributed by atoms with Gasteiger partial charge in [0.2, 0.25) is 0 Å². The third-order valence-corrected chi connectivity index (χ3v) is 15.1. The van der Waals surface area contributed by atoms with Crippen LogP contribution in [-0.4, -0.2) is 37.2 Å². The van der Waals surface area contributed by atoms with Gasteiger partial charge in [-0.2, -0.15) is 0 Å². The first-order chi connectivity index (χ1) is 37.5. The van der Waals surface area contributed by atoms with Crippen LogP contribution in [-0.2, 0) is 28.6 Å². The summed E-state index contributed by atoms with van der Waals surface area (Å²) in [5.41, 5.74) is 0. The van der Waals surface area contributed by atoms with Gasteiger partial charge in [0.05, 0.1) is 0 Å². The number of hydrogen-bond donors (Lipinski definition) is 0.